The molecule has 0 radical (unpaired) electrons. The van der Waals surface area contributed by atoms with E-state index >= 15 is 0 Å². The number of fused-ring (bicyclic) bond motifs is 4. The van der Waals surface area contributed by atoms with Crippen LogP contribution in [-0.4, -0.2) is 40.0 Å². The molecule has 2 fully saturated rings. The van der Waals surface area contributed by atoms with Gasteiger partial charge in [0.05, 0.1) is 11.4 Å². The summed E-state index contributed by atoms with van der Waals surface area (Å²) in [6.45, 7) is 6.29. The van der Waals surface area contributed by atoms with Crippen molar-refractivity contribution in [2.75, 3.05) is 24.5 Å². The van der Waals surface area contributed by atoms with Crippen LogP contribution in [0.4, 0.5) is 5.69 Å². The van der Waals surface area contributed by atoms with E-state index in [1.165, 1.54) is 12.1 Å². The highest BCUT2D eigenvalue weighted by Gasteiger charge is 2.51. The minimum atomic E-state index is -0.201. The van der Waals surface area contributed by atoms with Crippen LogP contribution in [-0.2, 0) is 10.3 Å². The van der Waals surface area contributed by atoms with Gasteiger partial charge in [0.2, 0.25) is 5.91 Å². The minimum absolute atomic E-state index is 0.201. The maximum absolute atomic E-state index is 12.9. The fourth-order valence-corrected chi connectivity index (χ4v) is 4.83. The van der Waals surface area contributed by atoms with E-state index in [-0.39, 0.29) is 11.5 Å². The summed E-state index contributed by atoms with van der Waals surface area (Å²) in [5.74, 6) is 1.56. The highest BCUT2D eigenvalue weighted by molar-refractivity contribution is 5.80. The molecule has 5 nitrogen and oxygen atoms in total. The van der Waals surface area contributed by atoms with Crippen LogP contribution in [0.25, 0.3) is 5.82 Å². The van der Waals surface area contributed by atoms with Crippen LogP contribution in [0.1, 0.15) is 31.4 Å². The molecule has 2 aliphatic heterocycles. The number of anilines is 1. The summed E-state index contributed by atoms with van der Waals surface area (Å²) in [4.78, 5) is 22.0. The van der Waals surface area contributed by atoms with Gasteiger partial charge in [-0.25, -0.2) is 4.98 Å². The van der Waals surface area contributed by atoms with E-state index in [9.17, 15) is 4.79 Å². The predicted octanol–water partition coefficient (Wildman–Crippen LogP) is 3.11. The lowest BCUT2D eigenvalue weighted by Gasteiger charge is -2.46. The second-order valence-electron chi connectivity index (χ2n) is 7.68. The van der Waals surface area contributed by atoms with Gasteiger partial charge in [0.1, 0.15) is 5.54 Å². The molecule has 4 heterocycles. The van der Waals surface area contributed by atoms with E-state index in [2.05, 4.69) is 50.3 Å². The van der Waals surface area contributed by atoms with Crippen LogP contribution in [0, 0.1) is 5.92 Å². The molecule has 2 aromatic rings. The summed E-state index contributed by atoms with van der Waals surface area (Å²) in [6, 6.07) is 8.39. The highest BCUT2D eigenvalue weighted by atomic mass is 16.2. The summed E-state index contributed by atoms with van der Waals surface area (Å²) in [5, 5.41) is 0. The van der Waals surface area contributed by atoms with Crippen molar-refractivity contribution in [3.63, 3.8) is 0 Å². The summed E-state index contributed by atoms with van der Waals surface area (Å²) in [7, 11) is 0. The molecule has 0 aromatic carbocycles. The summed E-state index contributed by atoms with van der Waals surface area (Å²) in [6.07, 6.45) is 10.1. The number of hydrogen-bond donors (Lipinski definition) is 0. The number of likely N-dealkylation sites (tertiary alicyclic amines) is 1. The Morgan fingerprint density at radius 1 is 1.35 bits per heavy atom. The fourth-order valence-electron chi connectivity index (χ4n) is 4.83. The quantitative estimate of drug-likeness (QED) is 0.801. The fraction of sp³-hybridized carbons (Fsp3) is 0.429. The molecule has 5 heteroatoms. The Bertz CT molecular complexity index is 868. The molecular formula is C21H24N4O. The Balaban J connectivity index is 1.59. The second kappa shape index (κ2) is 5.73. The molecule has 0 unspecified atom stereocenters. The van der Waals surface area contributed by atoms with Gasteiger partial charge in [0, 0.05) is 37.9 Å². The third kappa shape index (κ3) is 2.03. The number of amides is 1. The molecule has 0 N–H and O–H groups in total. The number of hydrogen-bond acceptors (Lipinski definition) is 3. The van der Waals surface area contributed by atoms with Crippen LogP contribution >= 0.6 is 0 Å². The second-order valence-corrected chi connectivity index (χ2v) is 7.68. The number of rotatable bonds is 3. The Kier molecular flexibility index (Phi) is 3.45. The third-order valence-electron chi connectivity index (χ3n) is 6.35. The van der Waals surface area contributed by atoms with Gasteiger partial charge in [0.15, 0.2) is 5.82 Å². The molecule has 2 aromatic heterocycles. The maximum Gasteiger partial charge on any atom is 0.225 e. The van der Waals surface area contributed by atoms with Crippen LogP contribution in [0.5, 0.6) is 0 Å². The van der Waals surface area contributed by atoms with Crippen LogP contribution < -0.4 is 4.90 Å². The molecule has 134 valence electrons. The molecule has 1 saturated heterocycles. The molecule has 1 saturated carbocycles. The summed E-state index contributed by atoms with van der Waals surface area (Å²) >= 11 is 0. The topological polar surface area (TPSA) is 41.4 Å². The molecule has 26 heavy (non-hydrogen) atoms. The number of carbonyl (C=O) groups excluding carboxylic acids is 1. The Labute approximate surface area is 153 Å². The van der Waals surface area contributed by atoms with Crippen molar-refractivity contribution in [2.24, 2.45) is 5.92 Å². The first-order valence-electron chi connectivity index (χ1n) is 9.55. The Morgan fingerprint density at radius 3 is 3.00 bits per heavy atom. The molecule has 3 aliphatic rings. The molecule has 5 rings (SSSR count). The van der Waals surface area contributed by atoms with Gasteiger partial charge in [-0.3, -0.25) is 4.79 Å². The number of carbonyl (C=O) groups is 1. The lowest BCUT2D eigenvalue weighted by atomic mass is 9.84. The zero-order valence-corrected chi connectivity index (χ0v) is 15.0. The lowest BCUT2D eigenvalue weighted by molar-refractivity contribution is -0.137. The number of nitrogens with zero attached hydrogens (tertiary/aromatic N) is 4. The zero-order chi connectivity index (χ0) is 17.7. The molecule has 1 spiro atoms. The summed E-state index contributed by atoms with van der Waals surface area (Å²) < 4.78 is 2.20. The SMILES string of the molecule is C=CCN1c2cccnc2-n2cccc2[C@@]12CCN(C(=O)C1CCC1)C2. The standard InChI is InChI=1S/C21H24N4O/c1-2-12-25-17-8-4-11-22-19(17)24-13-5-9-18(24)21(25)10-14-23(15-21)20(26)16-6-3-7-16/h2,4-5,8-9,11,13,16H,1,3,6-7,10,12,14-15H2/t21-/m0/s1. The largest absolute Gasteiger partial charge is 0.352 e. The van der Waals surface area contributed by atoms with Crippen molar-refractivity contribution < 1.29 is 4.79 Å². The Hall–Kier alpha value is -2.56. The van der Waals surface area contributed by atoms with Crippen LogP contribution in [0.15, 0.2) is 49.3 Å². The highest BCUT2D eigenvalue weighted by Crippen LogP contribution is 2.47. The van der Waals surface area contributed by atoms with Gasteiger partial charge < -0.3 is 14.4 Å². The molecule has 0 bridgehead atoms. The van der Waals surface area contributed by atoms with Gasteiger partial charge in [-0.1, -0.05) is 12.5 Å². The van der Waals surface area contributed by atoms with Gasteiger partial charge in [-0.15, -0.1) is 6.58 Å². The van der Waals surface area contributed by atoms with E-state index in [0.29, 0.717) is 5.91 Å². The Morgan fingerprint density at radius 2 is 2.23 bits per heavy atom. The van der Waals surface area contributed by atoms with Crippen LogP contribution in [0.2, 0.25) is 0 Å². The average molecular weight is 348 g/mol. The monoisotopic (exact) mass is 348 g/mol. The molecule has 1 aliphatic carbocycles. The van der Waals surface area contributed by atoms with Crippen molar-refractivity contribution in [1.82, 2.24) is 14.5 Å². The van der Waals surface area contributed by atoms with Crippen LogP contribution in [0.3, 0.4) is 0 Å². The van der Waals surface area contributed by atoms with Gasteiger partial charge in [-0.2, -0.15) is 0 Å². The predicted molar refractivity (Wildman–Crippen MR) is 101 cm³/mol. The van der Waals surface area contributed by atoms with Gasteiger partial charge in [-0.05, 0) is 43.5 Å². The minimum Gasteiger partial charge on any atom is -0.352 e. The van der Waals surface area contributed by atoms with Crippen molar-refractivity contribution in [3.05, 3.63) is 55.0 Å². The number of pyridine rings is 1. The first kappa shape index (κ1) is 15.7. The average Bonchev–Trinajstić information content (AvgIpc) is 3.26. The zero-order valence-electron chi connectivity index (χ0n) is 15.0. The van der Waals surface area contributed by atoms with Crippen molar-refractivity contribution in [1.29, 1.82) is 0 Å². The first-order valence-corrected chi connectivity index (χ1v) is 9.55. The van der Waals surface area contributed by atoms with E-state index in [1.54, 1.807) is 0 Å². The molecule has 1 atom stereocenters. The van der Waals surface area contributed by atoms with E-state index in [1.807, 2.05) is 18.3 Å². The van der Waals surface area contributed by atoms with Crippen molar-refractivity contribution in [3.8, 4) is 5.82 Å². The van der Waals surface area contributed by atoms with Gasteiger partial charge >= 0.3 is 0 Å². The van der Waals surface area contributed by atoms with E-state index in [4.69, 9.17) is 0 Å². The number of aromatic nitrogens is 2. The summed E-state index contributed by atoms with van der Waals surface area (Å²) in [5.41, 5.74) is 2.15. The maximum atomic E-state index is 12.9. The van der Waals surface area contributed by atoms with Crippen molar-refractivity contribution >= 4 is 11.6 Å². The normalized spacial score (nSPS) is 24.3. The van der Waals surface area contributed by atoms with E-state index < -0.39 is 0 Å². The molecular weight excluding hydrogens is 324 g/mol. The van der Waals surface area contributed by atoms with Crippen molar-refractivity contribution in [2.45, 2.75) is 31.2 Å². The van der Waals surface area contributed by atoms with Gasteiger partial charge in [0.25, 0.3) is 0 Å². The lowest BCUT2D eigenvalue weighted by Crippen LogP contribution is -2.53. The first-order chi connectivity index (χ1) is 12.7. The molecule has 1 amide bonds. The van der Waals surface area contributed by atoms with E-state index in [0.717, 1.165) is 50.4 Å². The smallest absolute Gasteiger partial charge is 0.225 e. The third-order valence-corrected chi connectivity index (χ3v) is 6.35.